The van der Waals surface area contributed by atoms with E-state index in [-0.39, 0.29) is 5.91 Å². The molecule has 3 rings (SSSR count). The molecule has 1 N–H and O–H groups in total. The molecule has 3 heterocycles. The Morgan fingerprint density at radius 1 is 1.21 bits per heavy atom. The highest BCUT2D eigenvalue weighted by Crippen LogP contribution is 2.30. The number of hydrogen-bond acceptors (Lipinski definition) is 7. The molecular weight excluding hydrogens is 378 g/mol. The second-order valence-corrected chi connectivity index (χ2v) is 6.91. The van der Waals surface area contributed by atoms with Gasteiger partial charge in [0.15, 0.2) is 0 Å². The van der Waals surface area contributed by atoms with Crippen LogP contribution in [0.3, 0.4) is 0 Å². The van der Waals surface area contributed by atoms with Crippen molar-refractivity contribution in [1.82, 2.24) is 24.8 Å². The highest BCUT2D eigenvalue weighted by Gasteiger charge is 2.20. The second-order valence-electron chi connectivity index (χ2n) is 6.05. The lowest BCUT2D eigenvalue weighted by Gasteiger charge is -2.10. The van der Waals surface area contributed by atoms with Crippen molar-refractivity contribution < 1.29 is 14.3 Å². The summed E-state index contributed by atoms with van der Waals surface area (Å²) in [5, 5.41) is 5.63. The molecule has 3 aromatic heterocycles. The molecule has 3 aromatic rings. The summed E-state index contributed by atoms with van der Waals surface area (Å²) in [6, 6.07) is 1.88. The van der Waals surface area contributed by atoms with E-state index in [4.69, 9.17) is 14.5 Å². The summed E-state index contributed by atoms with van der Waals surface area (Å²) in [6.07, 6.45) is 4.96. The minimum absolute atomic E-state index is 0.128. The highest BCUT2D eigenvalue weighted by atomic mass is 32.1. The second kappa shape index (κ2) is 9.54. The standard InChI is InChI=1S/C19H23N5O3S/c1-13-14(18(25)22-6-8-26-2)10-17(24(13)7-9-27-3)16-12-28-19(23-16)15-11-20-4-5-21-15/h4-5,10-12H,6-9H2,1-3H3,(H,22,25). The summed E-state index contributed by atoms with van der Waals surface area (Å²) in [5.41, 5.74) is 3.88. The maximum atomic E-state index is 12.6. The molecule has 8 nitrogen and oxygen atoms in total. The molecule has 0 aliphatic carbocycles. The molecule has 0 aliphatic heterocycles. The molecule has 0 fully saturated rings. The lowest BCUT2D eigenvalue weighted by atomic mass is 10.2. The van der Waals surface area contributed by atoms with E-state index in [1.165, 1.54) is 11.3 Å². The zero-order chi connectivity index (χ0) is 19.9. The van der Waals surface area contributed by atoms with E-state index in [0.717, 1.165) is 27.8 Å². The van der Waals surface area contributed by atoms with Gasteiger partial charge in [-0.15, -0.1) is 11.3 Å². The minimum atomic E-state index is -0.128. The number of methoxy groups -OCH3 is 2. The van der Waals surface area contributed by atoms with Crippen molar-refractivity contribution in [1.29, 1.82) is 0 Å². The Morgan fingerprint density at radius 2 is 2.04 bits per heavy atom. The fourth-order valence-corrected chi connectivity index (χ4v) is 3.61. The molecule has 0 bridgehead atoms. The smallest absolute Gasteiger partial charge is 0.253 e. The molecule has 0 unspecified atom stereocenters. The van der Waals surface area contributed by atoms with Gasteiger partial charge in [-0.05, 0) is 13.0 Å². The molecule has 0 atom stereocenters. The van der Waals surface area contributed by atoms with Crippen LogP contribution in [0.25, 0.3) is 22.1 Å². The molecule has 1 amide bonds. The average Bonchev–Trinajstić information content (AvgIpc) is 3.32. The van der Waals surface area contributed by atoms with Crippen molar-refractivity contribution in [2.75, 3.05) is 34.0 Å². The summed E-state index contributed by atoms with van der Waals surface area (Å²) < 4.78 is 12.3. The third-order valence-corrected chi connectivity index (χ3v) is 5.14. The number of rotatable bonds is 9. The van der Waals surface area contributed by atoms with Gasteiger partial charge in [0, 0.05) is 50.8 Å². The first kappa shape index (κ1) is 20.1. The largest absolute Gasteiger partial charge is 0.383 e. The van der Waals surface area contributed by atoms with Crippen LogP contribution in [0.5, 0.6) is 0 Å². The van der Waals surface area contributed by atoms with Crippen molar-refractivity contribution in [3.05, 3.63) is 41.3 Å². The zero-order valence-electron chi connectivity index (χ0n) is 16.1. The van der Waals surface area contributed by atoms with E-state index in [2.05, 4.69) is 19.9 Å². The van der Waals surface area contributed by atoms with Gasteiger partial charge >= 0.3 is 0 Å². The third kappa shape index (κ3) is 4.44. The number of amides is 1. The maximum Gasteiger partial charge on any atom is 0.253 e. The van der Waals surface area contributed by atoms with E-state index >= 15 is 0 Å². The van der Waals surface area contributed by atoms with Crippen LogP contribution in [-0.2, 0) is 16.0 Å². The first-order valence-corrected chi connectivity index (χ1v) is 9.72. The topological polar surface area (TPSA) is 91.2 Å². The van der Waals surface area contributed by atoms with Crippen LogP contribution in [0.1, 0.15) is 16.1 Å². The van der Waals surface area contributed by atoms with Crippen molar-refractivity contribution >= 4 is 17.2 Å². The fraction of sp³-hybridized carbons (Fsp3) is 0.368. The SMILES string of the molecule is COCCNC(=O)c1cc(-c2csc(-c3cnccn3)n2)n(CCOC)c1C. The van der Waals surface area contributed by atoms with E-state index in [1.54, 1.807) is 32.8 Å². The van der Waals surface area contributed by atoms with Crippen molar-refractivity contribution in [3.8, 4) is 22.1 Å². The summed E-state index contributed by atoms with van der Waals surface area (Å²) in [4.78, 5) is 25.7. The number of thiazole rings is 1. The van der Waals surface area contributed by atoms with Crippen LogP contribution in [0.4, 0.5) is 0 Å². The number of carbonyl (C=O) groups is 1. The monoisotopic (exact) mass is 401 g/mol. The normalized spacial score (nSPS) is 11.0. The summed E-state index contributed by atoms with van der Waals surface area (Å²) >= 11 is 1.50. The lowest BCUT2D eigenvalue weighted by molar-refractivity contribution is 0.0936. The van der Waals surface area contributed by atoms with Gasteiger partial charge < -0.3 is 19.4 Å². The third-order valence-electron chi connectivity index (χ3n) is 4.27. The molecule has 148 valence electrons. The van der Waals surface area contributed by atoms with Crippen LogP contribution < -0.4 is 5.32 Å². The number of ether oxygens (including phenoxy) is 2. The summed E-state index contributed by atoms with van der Waals surface area (Å²) in [6.45, 7) is 4.02. The zero-order valence-corrected chi connectivity index (χ0v) is 17.0. The average molecular weight is 401 g/mol. The van der Waals surface area contributed by atoms with E-state index < -0.39 is 0 Å². The van der Waals surface area contributed by atoms with Crippen molar-refractivity contribution in [2.24, 2.45) is 0 Å². The van der Waals surface area contributed by atoms with Gasteiger partial charge in [0.2, 0.25) is 0 Å². The fourth-order valence-electron chi connectivity index (χ4n) is 2.84. The van der Waals surface area contributed by atoms with E-state index in [0.29, 0.717) is 31.9 Å². The van der Waals surface area contributed by atoms with E-state index in [1.807, 2.05) is 18.4 Å². The Hall–Kier alpha value is -2.62. The van der Waals surface area contributed by atoms with Gasteiger partial charge in [0.25, 0.3) is 5.91 Å². The number of aromatic nitrogens is 4. The number of nitrogens with one attached hydrogen (secondary N) is 1. The van der Waals surface area contributed by atoms with Crippen LogP contribution in [-0.4, -0.2) is 59.4 Å². The van der Waals surface area contributed by atoms with Crippen molar-refractivity contribution in [2.45, 2.75) is 13.5 Å². The highest BCUT2D eigenvalue weighted by molar-refractivity contribution is 7.13. The Kier molecular flexibility index (Phi) is 6.85. The molecule has 28 heavy (non-hydrogen) atoms. The van der Waals surface area contributed by atoms with Crippen LogP contribution >= 0.6 is 11.3 Å². The van der Waals surface area contributed by atoms with Gasteiger partial charge in [-0.2, -0.15) is 0 Å². The van der Waals surface area contributed by atoms with Gasteiger partial charge in [-0.1, -0.05) is 0 Å². The Balaban J connectivity index is 1.94. The van der Waals surface area contributed by atoms with Crippen LogP contribution in [0.2, 0.25) is 0 Å². The lowest BCUT2D eigenvalue weighted by Crippen LogP contribution is -2.27. The minimum Gasteiger partial charge on any atom is -0.383 e. The first-order valence-electron chi connectivity index (χ1n) is 8.84. The quantitative estimate of drug-likeness (QED) is 0.554. The van der Waals surface area contributed by atoms with Gasteiger partial charge in [0.05, 0.1) is 36.4 Å². The summed E-state index contributed by atoms with van der Waals surface area (Å²) in [7, 11) is 3.26. The Labute approximate surface area is 167 Å². The van der Waals surface area contributed by atoms with Gasteiger partial charge in [-0.3, -0.25) is 14.8 Å². The number of nitrogens with zero attached hydrogens (tertiary/aromatic N) is 4. The molecule has 0 saturated heterocycles. The number of carbonyl (C=O) groups excluding carboxylic acids is 1. The van der Waals surface area contributed by atoms with E-state index in [9.17, 15) is 4.79 Å². The Bertz CT molecular complexity index is 923. The van der Waals surface area contributed by atoms with Crippen LogP contribution in [0.15, 0.2) is 30.0 Å². The molecular formula is C19H23N5O3S. The molecule has 9 heteroatoms. The van der Waals surface area contributed by atoms with Crippen molar-refractivity contribution in [3.63, 3.8) is 0 Å². The van der Waals surface area contributed by atoms with Crippen LogP contribution in [0, 0.1) is 6.92 Å². The van der Waals surface area contributed by atoms with Gasteiger partial charge in [0.1, 0.15) is 10.7 Å². The number of hydrogen-bond donors (Lipinski definition) is 1. The van der Waals surface area contributed by atoms with Gasteiger partial charge in [-0.25, -0.2) is 4.98 Å². The molecule has 0 saturated carbocycles. The summed E-state index contributed by atoms with van der Waals surface area (Å²) in [5.74, 6) is -0.128. The predicted octanol–water partition coefficient (Wildman–Crippen LogP) is 2.40. The predicted molar refractivity (Wildman–Crippen MR) is 107 cm³/mol. The Morgan fingerprint density at radius 3 is 2.75 bits per heavy atom. The maximum absolute atomic E-state index is 12.6. The molecule has 0 aromatic carbocycles. The first-order chi connectivity index (χ1) is 13.7. The molecule has 0 spiro atoms. The molecule has 0 radical (unpaired) electrons. The molecule has 0 aliphatic rings.